The van der Waals surface area contributed by atoms with Crippen LogP contribution in [0.1, 0.15) is 31.0 Å². The van der Waals surface area contributed by atoms with Crippen LogP contribution in [0.5, 0.6) is 0 Å². The van der Waals surface area contributed by atoms with Gasteiger partial charge in [-0.05, 0) is 20.3 Å². The van der Waals surface area contributed by atoms with E-state index in [9.17, 15) is 4.39 Å². The lowest BCUT2D eigenvalue weighted by Crippen LogP contribution is -2.32. The quantitative estimate of drug-likeness (QED) is 0.808. The van der Waals surface area contributed by atoms with Gasteiger partial charge in [0.1, 0.15) is 11.7 Å². The molecule has 0 bridgehead atoms. The molecule has 1 atom stereocenters. The van der Waals surface area contributed by atoms with E-state index in [-0.39, 0.29) is 11.9 Å². The molecule has 0 aromatic carbocycles. The average molecular weight is 210 g/mol. The van der Waals surface area contributed by atoms with E-state index < -0.39 is 0 Å². The molecule has 2 heterocycles. The van der Waals surface area contributed by atoms with Crippen molar-refractivity contribution in [3.05, 3.63) is 23.6 Å². The van der Waals surface area contributed by atoms with Crippen LogP contribution in [0.3, 0.4) is 0 Å². The highest BCUT2D eigenvalue weighted by atomic mass is 19.1. The molecule has 2 rings (SSSR count). The summed E-state index contributed by atoms with van der Waals surface area (Å²) in [5, 5.41) is 6.90. The van der Waals surface area contributed by atoms with Crippen LogP contribution >= 0.6 is 0 Å². The Hall–Kier alpha value is -1.23. The van der Waals surface area contributed by atoms with Crippen molar-refractivity contribution in [3.63, 3.8) is 0 Å². The minimum absolute atomic E-state index is 0.0552. The molecule has 0 aliphatic carbocycles. The second-order valence-corrected chi connectivity index (χ2v) is 3.87. The van der Waals surface area contributed by atoms with Gasteiger partial charge in [0.15, 0.2) is 5.82 Å². The van der Waals surface area contributed by atoms with Gasteiger partial charge in [0.05, 0.1) is 12.6 Å². The molecule has 1 aliphatic heterocycles. The van der Waals surface area contributed by atoms with Gasteiger partial charge in [0.2, 0.25) is 0 Å². The second kappa shape index (κ2) is 4.10. The lowest BCUT2D eigenvalue weighted by molar-refractivity contribution is 0.200. The van der Waals surface area contributed by atoms with Crippen LogP contribution in [0.2, 0.25) is 0 Å². The summed E-state index contributed by atoms with van der Waals surface area (Å²) in [4.78, 5) is 6.30. The minimum atomic E-state index is -0.0552. The first-order valence-electron chi connectivity index (χ1n) is 5.14. The SMILES string of the molecule is Cc1nc([C@@H](C)N2CCC=C(F)C2)n[nH]1. The smallest absolute Gasteiger partial charge is 0.167 e. The molecule has 0 unspecified atom stereocenters. The van der Waals surface area contributed by atoms with Crippen molar-refractivity contribution < 1.29 is 4.39 Å². The molecule has 4 nitrogen and oxygen atoms in total. The average Bonchev–Trinajstić information content (AvgIpc) is 2.64. The Bertz CT molecular complexity index is 371. The minimum Gasteiger partial charge on any atom is -0.287 e. The van der Waals surface area contributed by atoms with Crippen LogP contribution in [0.25, 0.3) is 0 Å². The number of aryl methyl sites for hydroxylation is 1. The zero-order chi connectivity index (χ0) is 10.8. The first-order valence-corrected chi connectivity index (χ1v) is 5.14. The number of hydrogen-bond donors (Lipinski definition) is 1. The van der Waals surface area contributed by atoms with Gasteiger partial charge in [-0.2, -0.15) is 5.10 Å². The second-order valence-electron chi connectivity index (χ2n) is 3.87. The van der Waals surface area contributed by atoms with Gasteiger partial charge in [-0.25, -0.2) is 9.37 Å². The van der Waals surface area contributed by atoms with Crippen LogP contribution < -0.4 is 0 Å². The molecule has 1 N–H and O–H groups in total. The van der Waals surface area contributed by atoms with E-state index in [1.165, 1.54) is 0 Å². The summed E-state index contributed by atoms with van der Waals surface area (Å²) in [5.74, 6) is 1.48. The third-order valence-corrected chi connectivity index (χ3v) is 2.67. The Morgan fingerprint density at radius 3 is 3.00 bits per heavy atom. The third-order valence-electron chi connectivity index (χ3n) is 2.67. The summed E-state index contributed by atoms with van der Waals surface area (Å²) in [7, 11) is 0. The molecule has 82 valence electrons. The van der Waals surface area contributed by atoms with Crippen molar-refractivity contribution in [1.29, 1.82) is 0 Å². The summed E-state index contributed by atoms with van der Waals surface area (Å²) in [6, 6.07) is 0.0643. The molecule has 1 aromatic rings. The lowest BCUT2D eigenvalue weighted by atomic mass is 10.2. The molecule has 0 saturated heterocycles. The fourth-order valence-corrected chi connectivity index (χ4v) is 1.77. The first kappa shape index (κ1) is 10.3. The topological polar surface area (TPSA) is 44.8 Å². The van der Waals surface area contributed by atoms with Gasteiger partial charge in [-0.15, -0.1) is 0 Å². The fraction of sp³-hybridized carbons (Fsp3) is 0.600. The predicted octanol–water partition coefficient (Wildman–Crippen LogP) is 1.73. The van der Waals surface area contributed by atoms with Crippen molar-refractivity contribution in [2.45, 2.75) is 26.3 Å². The maximum atomic E-state index is 13.1. The van der Waals surface area contributed by atoms with Gasteiger partial charge in [0, 0.05) is 6.54 Å². The Balaban J connectivity index is 2.08. The number of hydrogen-bond acceptors (Lipinski definition) is 3. The molecule has 0 amide bonds. The molecule has 15 heavy (non-hydrogen) atoms. The number of halogens is 1. The van der Waals surface area contributed by atoms with E-state index in [1.54, 1.807) is 6.08 Å². The standard InChI is InChI=1S/C10H15FN4/c1-7(10-12-8(2)13-14-10)15-5-3-4-9(11)6-15/h4,7H,3,5-6H2,1-2H3,(H,12,13,14)/t7-/m1/s1. The fourth-order valence-electron chi connectivity index (χ4n) is 1.77. The predicted molar refractivity (Wildman–Crippen MR) is 54.9 cm³/mol. The van der Waals surface area contributed by atoms with Crippen molar-refractivity contribution in [3.8, 4) is 0 Å². The van der Waals surface area contributed by atoms with E-state index in [0.29, 0.717) is 6.54 Å². The Morgan fingerprint density at radius 1 is 1.60 bits per heavy atom. The molecule has 0 saturated carbocycles. The first-order chi connectivity index (χ1) is 7.16. The van der Waals surface area contributed by atoms with Crippen LogP contribution in [0, 0.1) is 6.92 Å². The molecular formula is C10H15FN4. The Labute approximate surface area is 88.2 Å². The highest BCUT2D eigenvalue weighted by Gasteiger charge is 2.22. The third kappa shape index (κ3) is 2.23. The number of aromatic amines is 1. The van der Waals surface area contributed by atoms with Crippen molar-refractivity contribution in [1.82, 2.24) is 20.1 Å². The highest BCUT2D eigenvalue weighted by molar-refractivity contribution is 5.03. The number of aromatic nitrogens is 3. The Kier molecular flexibility index (Phi) is 2.81. The molecule has 0 spiro atoms. The van der Waals surface area contributed by atoms with Crippen LogP contribution in [0.15, 0.2) is 11.9 Å². The number of nitrogens with zero attached hydrogens (tertiary/aromatic N) is 3. The van der Waals surface area contributed by atoms with E-state index in [0.717, 1.165) is 24.6 Å². The van der Waals surface area contributed by atoms with Crippen LogP contribution in [-0.2, 0) is 0 Å². The normalized spacial score (nSPS) is 20.1. The van der Waals surface area contributed by atoms with Gasteiger partial charge in [0.25, 0.3) is 0 Å². The Morgan fingerprint density at radius 2 is 2.40 bits per heavy atom. The molecule has 1 aliphatic rings. The van der Waals surface area contributed by atoms with Gasteiger partial charge >= 0.3 is 0 Å². The lowest BCUT2D eigenvalue weighted by Gasteiger charge is -2.28. The van der Waals surface area contributed by atoms with Crippen molar-refractivity contribution >= 4 is 0 Å². The summed E-state index contributed by atoms with van der Waals surface area (Å²) in [6.45, 7) is 5.10. The van der Waals surface area contributed by atoms with E-state index in [2.05, 4.69) is 15.2 Å². The largest absolute Gasteiger partial charge is 0.287 e. The van der Waals surface area contributed by atoms with Gasteiger partial charge in [-0.3, -0.25) is 10.00 Å². The zero-order valence-corrected chi connectivity index (χ0v) is 9.00. The zero-order valence-electron chi connectivity index (χ0n) is 9.00. The maximum absolute atomic E-state index is 13.1. The summed E-state index contributed by atoms with van der Waals surface area (Å²) in [6.07, 6.45) is 2.41. The molecule has 1 aromatic heterocycles. The summed E-state index contributed by atoms with van der Waals surface area (Å²) in [5.41, 5.74) is 0. The monoisotopic (exact) mass is 210 g/mol. The van der Waals surface area contributed by atoms with Crippen molar-refractivity contribution in [2.24, 2.45) is 0 Å². The summed E-state index contributed by atoms with van der Waals surface area (Å²) >= 11 is 0. The molecule has 0 fully saturated rings. The van der Waals surface area contributed by atoms with Crippen molar-refractivity contribution in [2.75, 3.05) is 13.1 Å². The number of nitrogens with one attached hydrogen (secondary N) is 1. The van der Waals surface area contributed by atoms with Gasteiger partial charge in [-0.1, -0.05) is 6.08 Å². The van der Waals surface area contributed by atoms with E-state index in [4.69, 9.17) is 0 Å². The molecular weight excluding hydrogens is 195 g/mol. The number of H-pyrrole nitrogens is 1. The maximum Gasteiger partial charge on any atom is 0.167 e. The van der Waals surface area contributed by atoms with E-state index in [1.807, 2.05) is 18.7 Å². The van der Waals surface area contributed by atoms with E-state index >= 15 is 0 Å². The van der Waals surface area contributed by atoms with Crippen LogP contribution in [0.4, 0.5) is 4.39 Å². The molecule has 0 radical (unpaired) electrons. The van der Waals surface area contributed by atoms with Crippen LogP contribution in [-0.4, -0.2) is 33.2 Å². The highest BCUT2D eigenvalue weighted by Crippen LogP contribution is 2.21. The number of rotatable bonds is 2. The van der Waals surface area contributed by atoms with Gasteiger partial charge < -0.3 is 0 Å². The molecule has 5 heteroatoms. The summed E-state index contributed by atoms with van der Waals surface area (Å²) < 4.78 is 13.1.